The molecule has 0 radical (unpaired) electrons. The Bertz CT molecular complexity index is 167. The topological polar surface area (TPSA) is 15.3 Å². The van der Waals surface area contributed by atoms with Crippen LogP contribution < -0.4 is 5.32 Å². The van der Waals surface area contributed by atoms with E-state index in [4.69, 9.17) is 0 Å². The molecule has 2 nitrogen and oxygen atoms in total. The van der Waals surface area contributed by atoms with Crippen LogP contribution in [0.15, 0.2) is 0 Å². The van der Waals surface area contributed by atoms with Gasteiger partial charge in [0.1, 0.15) is 0 Å². The van der Waals surface area contributed by atoms with Crippen molar-refractivity contribution >= 4 is 0 Å². The minimum atomic E-state index is 0.627. The third kappa shape index (κ3) is 1.50. The largest absolute Gasteiger partial charge is 0.316 e. The van der Waals surface area contributed by atoms with E-state index in [-0.39, 0.29) is 0 Å². The SMILES string of the molecule is CCC1N(C)CCC12CCCNC2. The molecule has 1 N–H and O–H groups in total. The van der Waals surface area contributed by atoms with Gasteiger partial charge >= 0.3 is 0 Å². The number of likely N-dealkylation sites (tertiary alicyclic amines) is 1. The highest BCUT2D eigenvalue weighted by atomic mass is 15.2. The molecule has 2 atom stereocenters. The number of piperidine rings is 1. The van der Waals surface area contributed by atoms with Gasteiger partial charge in [0.2, 0.25) is 0 Å². The van der Waals surface area contributed by atoms with Crippen molar-refractivity contribution in [3.05, 3.63) is 0 Å². The van der Waals surface area contributed by atoms with Crippen molar-refractivity contribution in [2.24, 2.45) is 5.41 Å². The maximum atomic E-state index is 3.58. The van der Waals surface area contributed by atoms with Crippen molar-refractivity contribution in [1.82, 2.24) is 10.2 Å². The van der Waals surface area contributed by atoms with Gasteiger partial charge < -0.3 is 10.2 Å². The maximum Gasteiger partial charge on any atom is 0.0159 e. The number of rotatable bonds is 1. The first-order chi connectivity index (χ1) is 6.28. The standard InChI is InChI=1S/C11H22N2/c1-3-10-11(6-8-13(10)2)5-4-7-12-9-11/h10,12H,3-9H2,1-2H3. The highest BCUT2D eigenvalue weighted by molar-refractivity contribution is 5.00. The van der Waals surface area contributed by atoms with Gasteiger partial charge in [0.25, 0.3) is 0 Å². The van der Waals surface area contributed by atoms with Gasteiger partial charge in [-0.3, -0.25) is 0 Å². The third-order valence-electron chi connectivity index (χ3n) is 4.09. The second kappa shape index (κ2) is 3.58. The molecule has 2 unspecified atom stereocenters. The summed E-state index contributed by atoms with van der Waals surface area (Å²) in [6, 6.07) is 0.834. The number of hydrogen-bond donors (Lipinski definition) is 1. The van der Waals surface area contributed by atoms with E-state index < -0.39 is 0 Å². The monoisotopic (exact) mass is 182 g/mol. The highest BCUT2D eigenvalue weighted by Crippen LogP contribution is 2.42. The fraction of sp³-hybridized carbons (Fsp3) is 1.00. The van der Waals surface area contributed by atoms with Crippen LogP contribution in [0.4, 0.5) is 0 Å². The van der Waals surface area contributed by atoms with E-state index in [1.807, 2.05) is 0 Å². The minimum absolute atomic E-state index is 0.627. The fourth-order valence-electron chi connectivity index (χ4n) is 3.42. The zero-order chi connectivity index (χ0) is 9.31. The summed E-state index contributed by atoms with van der Waals surface area (Å²) < 4.78 is 0. The van der Waals surface area contributed by atoms with Gasteiger partial charge in [0.05, 0.1) is 0 Å². The lowest BCUT2D eigenvalue weighted by atomic mass is 9.73. The third-order valence-corrected chi connectivity index (χ3v) is 4.09. The van der Waals surface area contributed by atoms with Crippen LogP contribution in [0.3, 0.4) is 0 Å². The lowest BCUT2D eigenvalue weighted by Gasteiger charge is -2.40. The molecule has 1 spiro atoms. The van der Waals surface area contributed by atoms with Gasteiger partial charge in [0.15, 0.2) is 0 Å². The summed E-state index contributed by atoms with van der Waals surface area (Å²) in [5.41, 5.74) is 0.627. The van der Waals surface area contributed by atoms with Crippen LogP contribution in [-0.2, 0) is 0 Å². The van der Waals surface area contributed by atoms with Crippen molar-refractivity contribution in [1.29, 1.82) is 0 Å². The molecular weight excluding hydrogens is 160 g/mol. The lowest BCUT2D eigenvalue weighted by Crippen LogP contribution is -2.47. The van der Waals surface area contributed by atoms with Gasteiger partial charge in [-0.25, -0.2) is 0 Å². The molecule has 2 aliphatic heterocycles. The van der Waals surface area contributed by atoms with Crippen LogP contribution in [0.25, 0.3) is 0 Å². The molecule has 2 heterocycles. The Morgan fingerprint density at radius 3 is 2.92 bits per heavy atom. The molecule has 76 valence electrons. The molecule has 2 saturated heterocycles. The van der Waals surface area contributed by atoms with E-state index in [1.54, 1.807) is 0 Å². The van der Waals surface area contributed by atoms with E-state index in [0.717, 1.165) is 6.04 Å². The Morgan fingerprint density at radius 1 is 1.46 bits per heavy atom. The average Bonchev–Trinajstić information content (AvgIpc) is 2.45. The Labute approximate surface area is 81.7 Å². The predicted molar refractivity (Wildman–Crippen MR) is 55.9 cm³/mol. The molecule has 2 fully saturated rings. The zero-order valence-electron chi connectivity index (χ0n) is 8.97. The number of nitrogens with zero attached hydrogens (tertiary/aromatic N) is 1. The average molecular weight is 182 g/mol. The zero-order valence-corrected chi connectivity index (χ0v) is 8.97. The van der Waals surface area contributed by atoms with Crippen molar-refractivity contribution in [3.8, 4) is 0 Å². The first-order valence-corrected chi connectivity index (χ1v) is 5.69. The Kier molecular flexibility index (Phi) is 2.61. The molecule has 0 amide bonds. The molecule has 0 aromatic heterocycles. The molecule has 2 aliphatic rings. The van der Waals surface area contributed by atoms with Crippen molar-refractivity contribution in [2.75, 3.05) is 26.7 Å². The second-order valence-electron chi connectivity index (χ2n) is 4.80. The minimum Gasteiger partial charge on any atom is -0.316 e. The van der Waals surface area contributed by atoms with E-state index in [2.05, 4.69) is 24.2 Å². The van der Waals surface area contributed by atoms with Crippen molar-refractivity contribution < 1.29 is 0 Å². The van der Waals surface area contributed by atoms with Gasteiger partial charge in [-0.05, 0) is 51.2 Å². The molecule has 13 heavy (non-hydrogen) atoms. The highest BCUT2D eigenvalue weighted by Gasteiger charge is 2.44. The summed E-state index contributed by atoms with van der Waals surface area (Å²) in [5.74, 6) is 0. The van der Waals surface area contributed by atoms with Crippen LogP contribution >= 0.6 is 0 Å². The quantitative estimate of drug-likeness (QED) is 0.660. The lowest BCUT2D eigenvalue weighted by molar-refractivity contribution is 0.131. The molecule has 0 aromatic carbocycles. The number of nitrogens with one attached hydrogen (secondary N) is 1. The van der Waals surface area contributed by atoms with Crippen LogP contribution in [0, 0.1) is 5.41 Å². The molecule has 0 aliphatic carbocycles. The van der Waals surface area contributed by atoms with Crippen LogP contribution in [-0.4, -0.2) is 37.6 Å². The van der Waals surface area contributed by atoms with Crippen LogP contribution in [0.5, 0.6) is 0 Å². The first kappa shape index (κ1) is 9.47. The number of hydrogen-bond acceptors (Lipinski definition) is 2. The molecule has 0 bridgehead atoms. The summed E-state index contributed by atoms with van der Waals surface area (Å²) in [5, 5.41) is 3.58. The Balaban J connectivity index is 2.11. The smallest absolute Gasteiger partial charge is 0.0159 e. The second-order valence-corrected chi connectivity index (χ2v) is 4.80. The molecule has 2 rings (SSSR count). The Hall–Kier alpha value is -0.0800. The van der Waals surface area contributed by atoms with E-state index >= 15 is 0 Å². The first-order valence-electron chi connectivity index (χ1n) is 5.69. The predicted octanol–water partition coefficient (Wildman–Crippen LogP) is 1.47. The van der Waals surface area contributed by atoms with Gasteiger partial charge in [-0.1, -0.05) is 6.92 Å². The normalized spacial score (nSPS) is 41.5. The van der Waals surface area contributed by atoms with E-state index in [0.29, 0.717) is 5.41 Å². The molecular formula is C11H22N2. The maximum absolute atomic E-state index is 3.58. The van der Waals surface area contributed by atoms with Gasteiger partial charge in [-0.2, -0.15) is 0 Å². The summed E-state index contributed by atoms with van der Waals surface area (Å²) >= 11 is 0. The Morgan fingerprint density at radius 2 is 2.31 bits per heavy atom. The van der Waals surface area contributed by atoms with Crippen molar-refractivity contribution in [3.63, 3.8) is 0 Å². The van der Waals surface area contributed by atoms with Crippen LogP contribution in [0.1, 0.15) is 32.6 Å². The molecule has 0 saturated carbocycles. The van der Waals surface area contributed by atoms with Crippen LogP contribution in [0.2, 0.25) is 0 Å². The van der Waals surface area contributed by atoms with E-state index in [9.17, 15) is 0 Å². The summed E-state index contributed by atoms with van der Waals surface area (Å²) in [6.07, 6.45) is 5.56. The fourth-order valence-corrected chi connectivity index (χ4v) is 3.42. The molecule has 0 aromatic rings. The summed E-state index contributed by atoms with van der Waals surface area (Å²) in [7, 11) is 2.29. The molecule has 2 heteroatoms. The summed E-state index contributed by atoms with van der Waals surface area (Å²) in [6.45, 7) is 6.14. The van der Waals surface area contributed by atoms with Gasteiger partial charge in [0, 0.05) is 12.6 Å². The summed E-state index contributed by atoms with van der Waals surface area (Å²) in [4.78, 5) is 2.56. The van der Waals surface area contributed by atoms with Gasteiger partial charge in [-0.15, -0.1) is 0 Å². The van der Waals surface area contributed by atoms with Crippen molar-refractivity contribution in [2.45, 2.75) is 38.6 Å². The van der Waals surface area contributed by atoms with E-state index in [1.165, 1.54) is 45.3 Å².